The van der Waals surface area contributed by atoms with Crippen LogP contribution in [0.3, 0.4) is 0 Å². The third-order valence-electron chi connectivity index (χ3n) is 4.35. The summed E-state index contributed by atoms with van der Waals surface area (Å²) in [6.07, 6.45) is 4.14. The van der Waals surface area contributed by atoms with Crippen molar-refractivity contribution in [3.63, 3.8) is 0 Å². The van der Waals surface area contributed by atoms with Crippen LogP contribution >= 0.6 is 0 Å². The van der Waals surface area contributed by atoms with Crippen LogP contribution in [-0.2, 0) is 0 Å². The second-order valence-electron chi connectivity index (χ2n) is 6.29. The molecule has 0 aromatic heterocycles. The third-order valence-corrected chi connectivity index (χ3v) is 4.35. The van der Waals surface area contributed by atoms with Crippen molar-refractivity contribution in [2.45, 2.75) is 52.0 Å². The molecule has 1 fully saturated rings. The standard InChI is InChI=1S/C18H30N2/c1-4-19-18(14-20-12-6-5-7-13-20)17-10-8-16(9-11-17)15(2)3/h8-11,15,18-19H,4-7,12-14H2,1-3H3. The van der Waals surface area contributed by atoms with E-state index in [9.17, 15) is 0 Å². The van der Waals surface area contributed by atoms with E-state index in [-0.39, 0.29) is 0 Å². The van der Waals surface area contributed by atoms with Gasteiger partial charge in [0, 0.05) is 12.6 Å². The van der Waals surface area contributed by atoms with Crippen molar-refractivity contribution in [1.82, 2.24) is 10.2 Å². The normalized spacial score (nSPS) is 18.4. The van der Waals surface area contributed by atoms with Crippen LogP contribution in [0.4, 0.5) is 0 Å². The first-order valence-corrected chi connectivity index (χ1v) is 8.26. The van der Waals surface area contributed by atoms with E-state index in [4.69, 9.17) is 0 Å². The number of nitrogens with zero attached hydrogens (tertiary/aromatic N) is 1. The number of likely N-dealkylation sites (N-methyl/N-ethyl adjacent to an activating group) is 1. The Hall–Kier alpha value is -0.860. The molecule has 0 amide bonds. The zero-order valence-electron chi connectivity index (χ0n) is 13.4. The quantitative estimate of drug-likeness (QED) is 0.845. The topological polar surface area (TPSA) is 15.3 Å². The molecule has 1 aromatic carbocycles. The zero-order valence-corrected chi connectivity index (χ0v) is 13.4. The summed E-state index contributed by atoms with van der Waals surface area (Å²) in [5, 5.41) is 3.65. The van der Waals surface area contributed by atoms with Crippen molar-refractivity contribution >= 4 is 0 Å². The predicted octanol–water partition coefficient (Wildman–Crippen LogP) is 3.95. The third kappa shape index (κ3) is 4.32. The van der Waals surface area contributed by atoms with Gasteiger partial charge in [-0.15, -0.1) is 0 Å². The minimum absolute atomic E-state index is 0.472. The summed E-state index contributed by atoms with van der Waals surface area (Å²) in [5.41, 5.74) is 2.86. The van der Waals surface area contributed by atoms with Gasteiger partial charge in [-0.2, -0.15) is 0 Å². The Morgan fingerprint density at radius 2 is 1.60 bits per heavy atom. The number of likely N-dealkylation sites (tertiary alicyclic amines) is 1. The van der Waals surface area contributed by atoms with Crippen LogP contribution in [0.2, 0.25) is 0 Å². The molecule has 0 bridgehead atoms. The van der Waals surface area contributed by atoms with Gasteiger partial charge in [-0.05, 0) is 49.5 Å². The molecule has 1 aliphatic rings. The Labute approximate surface area is 124 Å². The molecule has 1 saturated heterocycles. The highest BCUT2D eigenvalue weighted by Gasteiger charge is 2.17. The average molecular weight is 274 g/mol. The second-order valence-corrected chi connectivity index (χ2v) is 6.29. The summed E-state index contributed by atoms with van der Waals surface area (Å²) in [6, 6.07) is 9.68. The van der Waals surface area contributed by atoms with Gasteiger partial charge in [-0.25, -0.2) is 0 Å². The first-order chi connectivity index (χ1) is 9.70. The smallest absolute Gasteiger partial charge is 0.0449 e. The van der Waals surface area contributed by atoms with Crippen molar-refractivity contribution in [3.8, 4) is 0 Å². The summed E-state index contributed by atoms with van der Waals surface area (Å²) in [4.78, 5) is 2.62. The van der Waals surface area contributed by atoms with Gasteiger partial charge in [-0.3, -0.25) is 0 Å². The number of hydrogen-bond acceptors (Lipinski definition) is 2. The molecule has 1 aliphatic heterocycles. The molecule has 2 rings (SSSR count). The molecule has 0 aliphatic carbocycles. The maximum Gasteiger partial charge on any atom is 0.0449 e. The Balaban J connectivity index is 2.02. The van der Waals surface area contributed by atoms with E-state index in [1.165, 1.54) is 43.5 Å². The number of nitrogens with one attached hydrogen (secondary N) is 1. The van der Waals surface area contributed by atoms with Crippen LogP contribution < -0.4 is 5.32 Å². The largest absolute Gasteiger partial charge is 0.309 e. The van der Waals surface area contributed by atoms with Crippen molar-refractivity contribution in [1.29, 1.82) is 0 Å². The van der Waals surface area contributed by atoms with E-state index in [1.54, 1.807) is 0 Å². The van der Waals surface area contributed by atoms with Gasteiger partial charge in [0.15, 0.2) is 0 Å². The molecule has 1 atom stereocenters. The Morgan fingerprint density at radius 1 is 1.00 bits per heavy atom. The Kier molecular flexibility index (Phi) is 6.06. The van der Waals surface area contributed by atoms with Crippen molar-refractivity contribution in [3.05, 3.63) is 35.4 Å². The molecule has 1 N–H and O–H groups in total. The summed E-state index contributed by atoms with van der Waals surface area (Å²) in [7, 11) is 0. The van der Waals surface area contributed by atoms with Crippen LogP contribution in [0, 0.1) is 0 Å². The van der Waals surface area contributed by atoms with E-state index in [0.29, 0.717) is 12.0 Å². The molecular weight excluding hydrogens is 244 g/mol. The molecule has 0 radical (unpaired) electrons. The molecule has 0 spiro atoms. The number of benzene rings is 1. The molecule has 20 heavy (non-hydrogen) atoms. The number of piperidine rings is 1. The van der Waals surface area contributed by atoms with E-state index in [2.05, 4.69) is 55.3 Å². The average Bonchev–Trinajstić information content (AvgIpc) is 2.48. The highest BCUT2D eigenvalue weighted by atomic mass is 15.1. The van der Waals surface area contributed by atoms with Gasteiger partial charge in [0.2, 0.25) is 0 Å². The van der Waals surface area contributed by atoms with Gasteiger partial charge in [0.25, 0.3) is 0 Å². The highest BCUT2D eigenvalue weighted by molar-refractivity contribution is 5.27. The number of rotatable bonds is 6. The monoisotopic (exact) mass is 274 g/mol. The van der Waals surface area contributed by atoms with Crippen LogP contribution in [0.1, 0.15) is 63.1 Å². The summed E-state index contributed by atoms with van der Waals surface area (Å²) < 4.78 is 0. The molecule has 1 aromatic rings. The first-order valence-electron chi connectivity index (χ1n) is 8.26. The SMILES string of the molecule is CCNC(CN1CCCCC1)c1ccc(C(C)C)cc1. The molecular formula is C18H30N2. The second kappa shape index (κ2) is 7.80. The molecule has 2 heteroatoms. The fraction of sp³-hybridized carbons (Fsp3) is 0.667. The maximum atomic E-state index is 3.65. The van der Waals surface area contributed by atoms with Crippen LogP contribution in [0.5, 0.6) is 0 Å². The van der Waals surface area contributed by atoms with Gasteiger partial charge in [0.05, 0.1) is 0 Å². The fourth-order valence-electron chi connectivity index (χ4n) is 3.05. The lowest BCUT2D eigenvalue weighted by molar-refractivity contribution is 0.206. The van der Waals surface area contributed by atoms with Gasteiger partial charge >= 0.3 is 0 Å². The Bertz CT molecular complexity index is 377. The van der Waals surface area contributed by atoms with Gasteiger partial charge in [0.1, 0.15) is 0 Å². The molecule has 1 unspecified atom stereocenters. The van der Waals surface area contributed by atoms with Crippen molar-refractivity contribution in [2.24, 2.45) is 0 Å². The lowest BCUT2D eigenvalue weighted by Crippen LogP contribution is -2.38. The highest BCUT2D eigenvalue weighted by Crippen LogP contribution is 2.21. The minimum atomic E-state index is 0.472. The van der Waals surface area contributed by atoms with Gasteiger partial charge in [-0.1, -0.05) is 51.5 Å². The van der Waals surface area contributed by atoms with E-state index < -0.39 is 0 Å². The Morgan fingerprint density at radius 3 is 2.15 bits per heavy atom. The van der Waals surface area contributed by atoms with Crippen LogP contribution in [0.25, 0.3) is 0 Å². The van der Waals surface area contributed by atoms with Gasteiger partial charge < -0.3 is 10.2 Å². The summed E-state index contributed by atoms with van der Waals surface area (Å²) >= 11 is 0. The predicted molar refractivity (Wildman–Crippen MR) is 87.2 cm³/mol. The molecule has 2 nitrogen and oxygen atoms in total. The zero-order chi connectivity index (χ0) is 14.4. The number of hydrogen-bond donors (Lipinski definition) is 1. The summed E-state index contributed by atoms with van der Waals surface area (Å²) in [5.74, 6) is 0.615. The lowest BCUT2D eigenvalue weighted by atomic mass is 9.98. The van der Waals surface area contributed by atoms with E-state index in [1.807, 2.05) is 0 Å². The summed E-state index contributed by atoms with van der Waals surface area (Å²) in [6.45, 7) is 11.4. The fourth-order valence-corrected chi connectivity index (χ4v) is 3.05. The van der Waals surface area contributed by atoms with E-state index in [0.717, 1.165) is 13.1 Å². The van der Waals surface area contributed by atoms with Crippen LogP contribution in [0.15, 0.2) is 24.3 Å². The van der Waals surface area contributed by atoms with Crippen molar-refractivity contribution in [2.75, 3.05) is 26.2 Å². The molecule has 1 heterocycles. The molecule has 0 saturated carbocycles. The lowest BCUT2D eigenvalue weighted by Gasteiger charge is -2.31. The molecule has 112 valence electrons. The van der Waals surface area contributed by atoms with E-state index >= 15 is 0 Å². The first kappa shape index (κ1) is 15.5. The van der Waals surface area contributed by atoms with Crippen LogP contribution in [-0.4, -0.2) is 31.1 Å². The maximum absolute atomic E-state index is 3.65. The minimum Gasteiger partial charge on any atom is -0.309 e. The van der Waals surface area contributed by atoms with Crippen molar-refractivity contribution < 1.29 is 0 Å².